The third-order valence-electron chi connectivity index (χ3n) is 6.89. The summed E-state index contributed by atoms with van der Waals surface area (Å²) in [6.45, 7) is 0.964. The van der Waals surface area contributed by atoms with Gasteiger partial charge in [-0.15, -0.1) is 11.3 Å². The second-order valence-electron chi connectivity index (χ2n) is 8.95. The Morgan fingerprint density at radius 2 is 1.58 bits per heavy atom. The van der Waals surface area contributed by atoms with Gasteiger partial charge in [-0.05, 0) is 78.9 Å². The Balaban J connectivity index is 1.20. The van der Waals surface area contributed by atoms with Gasteiger partial charge in [-0.1, -0.05) is 30.3 Å². The molecule has 1 aromatic heterocycles. The fourth-order valence-electron chi connectivity index (χ4n) is 6.10. The SMILES string of the molecule is O=C(Cc1ccc(CNC23CC4CC(CC(C4)C2)C3)cc1)c1cccs1. The van der Waals surface area contributed by atoms with Gasteiger partial charge in [0, 0.05) is 18.5 Å². The summed E-state index contributed by atoms with van der Waals surface area (Å²) >= 11 is 1.53. The molecule has 0 radical (unpaired) electrons. The van der Waals surface area contributed by atoms with Gasteiger partial charge in [0.1, 0.15) is 0 Å². The summed E-state index contributed by atoms with van der Waals surface area (Å²) in [5, 5.41) is 5.93. The van der Waals surface area contributed by atoms with Crippen LogP contribution in [-0.2, 0) is 13.0 Å². The smallest absolute Gasteiger partial charge is 0.177 e. The molecule has 1 heterocycles. The first-order valence-corrected chi connectivity index (χ1v) is 10.9. The average molecular weight is 366 g/mol. The molecule has 136 valence electrons. The van der Waals surface area contributed by atoms with Gasteiger partial charge in [0.25, 0.3) is 0 Å². The minimum atomic E-state index is 0.222. The summed E-state index contributed by atoms with van der Waals surface area (Å²) in [6, 6.07) is 12.5. The molecule has 1 N–H and O–H groups in total. The lowest BCUT2D eigenvalue weighted by Gasteiger charge is -2.57. The summed E-state index contributed by atoms with van der Waals surface area (Å²) in [5.41, 5.74) is 2.87. The van der Waals surface area contributed by atoms with Crippen molar-refractivity contribution in [3.05, 3.63) is 57.8 Å². The molecule has 0 atom stereocenters. The average Bonchev–Trinajstić information content (AvgIpc) is 3.15. The summed E-state index contributed by atoms with van der Waals surface area (Å²) in [7, 11) is 0. The first kappa shape index (κ1) is 16.7. The maximum atomic E-state index is 12.2. The number of thiophene rings is 1. The van der Waals surface area contributed by atoms with E-state index in [1.54, 1.807) is 0 Å². The van der Waals surface area contributed by atoms with Crippen molar-refractivity contribution in [3.8, 4) is 0 Å². The predicted octanol–water partition coefficient (Wildman–Crippen LogP) is 5.23. The van der Waals surface area contributed by atoms with Crippen LogP contribution in [0.2, 0.25) is 0 Å². The van der Waals surface area contributed by atoms with E-state index in [9.17, 15) is 4.79 Å². The van der Waals surface area contributed by atoms with E-state index in [-0.39, 0.29) is 5.78 Å². The van der Waals surface area contributed by atoms with E-state index in [1.165, 1.54) is 55.4 Å². The number of nitrogens with one attached hydrogen (secondary N) is 1. The third kappa shape index (κ3) is 3.27. The molecule has 0 aliphatic heterocycles. The molecule has 6 rings (SSSR count). The molecule has 4 fully saturated rings. The number of Topliss-reactive ketones (excluding diaryl/α,β-unsaturated/α-hetero) is 1. The molecule has 0 unspecified atom stereocenters. The second kappa shape index (κ2) is 6.61. The molecular formula is C23H27NOS. The quantitative estimate of drug-likeness (QED) is 0.710. The van der Waals surface area contributed by atoms with Gasteiger partial charge in [-0.3, -0.25) is 4.79 Å². The number of benzene rings is 1. The molecule has 26 heavy (non-hydrogen) atoms. The van der Waals surface area contributed by atoms with Crippen LogP contribution >= 0.6 is 11.3 Å². The maximum Gasteiger partial charge on any atom is 0.177 e. The standard InChI is InChI=1S/C23H27NOS/c25-21(22-2-1-7-26-22)11-16-3-5-17(6-4-16)15-24-23-12-18-8-19(13-23)10-20(9-18)14-23/h1-7,18-20,24H,8-15H2. The minimum Gasteiger partial charge on any atom is -0.307 e. The van der Waals surface area contributed by atoms with Crippen molar-refractivity contribution >= 4 is 17.1 Å². The van der Waals surface area contributed by atoms with Crippen LogP contribution in [0, 0.1) is 17.8 Å². The second-order valence-corrected chi connectivity index (χ2v) is 9.89. The van der Waals surface area contributed by atoms with Crippen molar-refractivity contribution < 1.29 is 4.79 Å². The molecule has 4 saturated carbocycles. The van der Waals surface area contributed by atoms with Crippen molar-refractivity contribution in [2.45, 2.75) is 57.0 Å². The summed E-state index contributed by atoms with van der Waals surface area (Å²) in [5.74, 6) is 3.18. The zero-order valence-electron chi connectivity index (χ0n) is 15.2. The zero-order valence-corrected chi connectivity index (χ0v) is 16.1. The molecule has 0 amide bonds. The lowest BCUT2D eigenvalue weighted by atomic mass is 9.53. The molecule has 4 aliphatic carbocycles. The van der Waals surface area contributed by atoms with Crippen LogP contribution in [0.4, 0.5) is 0 Å². The van der Waals surface area contributed by atoms with Crippen molar-refractivity contribution in [1.29, 1.82) is 0 Å². The number of hydrogen-bond donors (Lipinski definition) is 1. The Kier molecular flexibility index (Phi) is 4.25. The van der Waals surface area contributed by atoms with Gasteiger partial charge in [-0.2, -0.15) is 0 Å². The number of ketones is 1. The molecule has 0 saturated heterocycles. The summed E-state index contributed by atoms with van der Waals surface area (Å²) < 4.78 is 0. The van der Waals surface area contributed by atoms with Crippen LogP contribution < -0.4 is 5.32 Å². The first-order chi connectivity index (χ1) is 12.7. The summed E-state index contributed by atoms with van der Waals surface area (Å²) in [6.07, 6.45) is 9.17. The fraction of sp³-hybridized carbons (Fsp3) is 0.522. The number of carbonyl (C=O) groups is 1. The minimum absolute atomic E-state index is 0.222. The molecule has 4 aliphatic rings. The number of carbonyl (C=O) groups excluding carboxylic acids is 1. The van der Waals surface area contributed by atoms with E-state index in [2.05, 4.69) is 29.6 Å². The topological polar surface area (TPSA) is 29.1 Å². The Bertz CT molecular complexity index is 742. The van der Waals surface area contributed by atoms with E-state index in [0.29, 0.717) is 12.0 Å². The largest absolute Gasteiger partial charge is 0.307 e. The highest BCUT2D eigenvalue weighted by atomic mass is 32.1. The Morgan fingerprint density at radius 3 is 2.15 bits per heavy atom. The predicted molar refractivity (Wildman–Crippen MR) is 107 cm³/mol. The highest BCUT2D eigenvalue weighted by molar-refractivity contribution is 7.12. The molecule has 1 aromatic carbocycles. The van der Waals surface area contributed by atoms with Gasteiger partial charge in [-0.25, -0.2) is 0 Å². The van der Waals surface area contributed by atoms with Gasteiger partial charge < -0.3 is 5.32 Å². The van der Waals surface area contributed by atoms with Gasteiger partial charge in [0.05, 0.1) is 4.88 Å². The lowest BCUT2D eigenvalue weighted by Crippen LogP contribution is -2.58. The molecule has 3 heteroatoms. The van der Waals surface area contributed by atoms with E-state index in [1.807, 2.05) is 17.5 Å². The van der Waals surface area contributed by atoms with Crippen LogP contribution in [0.3, 0.4) is 0 Å². The van der Waals surface area contributed by atoms with Crippen molar-refractivity contribution in [3.63, 3.8) is 0 Å². The maximum absolute atomic E-state index is 12.2. The van der Waals surface area contributed by atoms with Crippen LogP contribution in [0.5, 0.6) is 0 Å². The van der Waals surface area contributed by atoms with Crippen LogP contribution in [0.15, 0.2) is 41.8 Å². The zero-order chi connectivity index (χ0) is 17.6. The molecule has 4 bridgehead atoms. The number of rotatable bonds is 6. The van der Waals surface area contributed by atoms with Gasteiger partial charge in [0.2, 0.25) is 0 Å². The number of hydrogen-bond acceptors (Lipinski definition) is 3. The highest BCUT2D eigenvalue weighted by Crippen LogP contribution is 2.55. The van der Waals surface area contributed by atoms with E-state index in [0.717, 1.165) is 34.7 Å². The first-order valence-electron chi connectivity index (χ1n) is 10.1. The molecular weight excluding hydrogens is 338 g/mol. The van der Waals surface area contributed by atoms with Crippen LogP contribution in [0.25, 0.3) is 0 Å². The molecule has 2 aromatic rings. The Labute approximate surface area is 160 Å². The lowest BCUT2D eigenvalue weighted by molar-refractivity contribution is -0.0206. The van der Waals surface area contributed by atoms with E-state index >= 15 is 0 Å². The third-order valence-corrected chi connectivity index (χ3v) is 7.80. The highest BCUT2D eigenvalue weighted by Gasteiger charge is 2.50. The molecule has 2 nitrogen and oxygen atoms in total. The Hall–Kier alpha value is -1.45. The fourth-order valence-corrected chi connectivity index (χ4v) is 6.77. The molecule has 0 spiro atoms. The van der Waals surface area contributed by atoms with Crippen molar-refractivity contribution in [2.75, 3.05) is 0 Å². The van der Waals surface area contributed by atoms with Crippen molar-refractivity contribution in [1.82, 2.24) is 5.32 Å². The summed E-state index contributed by atoms with van der Waals surface area (Å²) in [4.78, 5) is 13.1. The van der Waals surface area contributed by atoms with Crippen LogP contribution in [-0.4, -0.2) is 11.3 Å². The van der Waals surface area contributed by atoms with Crippen LogP contribution in [0.1, 0.15) is 59.3 Å². The van der Waals surface area contributed by atoms with E-state index < -0.39 is 0 Å². The van der Waals surface area contributed by atoms with Crippen molar-refractivity contribution in [2.24, 2.45) is 17.8 Å². The monoisotopic (exact) mass is 365 g/mol. The van der Waals surface area contributed by atoms with Gasteiger partial charge in [0.15, 0.2) is 5.78 Å². The van der Waals surface area contributed by atoms with E-state index in [4.69, 9.17) is 0 Å². The van der Waals surface area contributed by atoms with Gasteiger partial charge >= 0.3 is 0 Å². The Morgan fingerprint density at radius 1 is 0.962 bits per heavy atom. The normalized spacial score (nSPS) is 32.1.